The van der Waals surface area contributed by atoms with Crippen LogP contribution in [0.25, 0.3) is 0 Å². The number of anilines is 1. The summed E-state index contributed by atoms with van der Waals surface area (Å²) < 4.78 is 26.2. The molecule has 1 aromatic carbocycles. The van der Waals surface area contributed by atoms with Crippen LogP contribution >= 0.6 is 0 Å². The number of benzene rings is 1. The second-order valence-electron chi connectivity index (χ2n) is 5.47. The fraction of sp³-hybridized carbons (Fsp3) is 0.467. The molecule has 0 heterocycles. The van der Waals surface area contributed by atoms with E-state index in [0.717, 1.165) is 12.8 Å². The summed E-state index contributed by atoms with van der Waals surface area (Å²) in [5, 5.41) is 19.0. The smallest absolute Gasteiger partial charge is 0.322 e. The lowest BCUT2D eigenvalue weighted by molar-refractivity contribution is -0.138. The third kappa shape index (κ3) is 7.42. The lowest BCUT2D eigenvalue weighted by Crippen LogP contribution is -2.43. The standard InChI is InChI=1S/C15H24N4O4S/c1-2-3-4-9-24(22,23)19-13(14(20)21)10-11-5-7-12(8-6-11)18-15(16)17/h5-8,13,19H,2-4,9-10H2,1H3,(H,20,21)(H4,16,17,18)/t13-/m0/s1. The lowest BCUT2D eigenvalue weighted by atomic mass is 10.1. The van der Waals surface area contributed by atoms with Gasteiger partial charge in [0.05, 0.1) is 5.75 Å². The predicted molar refractivity (Wildman–Crippen MR) is 93.6 cm³/mol. The molecular weight excluding hydrogens is 332 g/mol. The van der Waals surface area contributed by atoms with E-state index < -0.39 is 22.0 Å². The molecule has 0 aliphatic carbocycles. The van der Waals surface area contributed by atoms with Gasteiger partial charge in [0.1, 0.15) is 6.04 Å². The summed E-state index contributed by atoms with van der Waals surface area (Å²) in [5.41, 5.74) is 6.48. The van der Waals surface area contributed by atoms with Crippen molar-refractivity contribution in [1.82, 2.24) is 4.72 Å². The molecular formula is C15H24N4O4S. The average molecular weight is 356 g/mol. The van der Waals surface area contributed by atoms with Crippen LogP contribution in [0, 0.1) is 5.41 Å². The summed E-state index contributed by atoms with van der Waals surface area (Å²) >= 11 is 0. The molecule has 0 amide bonds. The van der Waals surface area contributed by atoms with Crippen molar-refractivity contribution in [2.24, 2.45) is 5.73 Å². The molecule has 0 aromatic heterocycles. The predicted octanol–water partition coefficient (Wildman–Crippen LogP) is 1.10. The van der Waals surface area contributed by atoms with Crippen LogP contribution in [0.1, 0.15) is 31.7 Å². The first-order valence-electron chi connectivity index (χ1n) is 7.66. The van der Waals surface area contributed by atoms with Gasteiger partial charge in [-0.1, -0.05) is 31.9 Å². The van der Waals surface area contributed by atoms with Gasteiger partial charge in [-0.25, -0.2) is 13.1 Å². The maximum atomic E-state index is 12.0. The number of guanidine groups is 1. The summed E-state index contributed by atoms with van der Waals surface area (Å²) in [6, 6.07) is 5.39. The van der Waals surface area contributed by atoms with Gasteiger partial charge in [-0.3, -0.25) is 10.2 Å². The van der Waals surface area contributed by atoms with Crippen LogP contribution in [0.5, 0.6) is 0 Å². The Morgan fingerprint density at radius 1 is 1.29 bits per heavy atom. The molecule has 1 aromatic rings. The SMILES string of the molecule is CCCCCS(=O)(=O)N[C@@H](Cc1ccc(NC(=N)N)cc1)C(=O)O. The monoisotopic (exact) mass is 356 g/mol. The second-order valence-corrected chi connectivity index (χ2v) is 7.35. The highest BCUT2D eigenvalue weighted by Gasteiger charge is 2.24. The van der Waals surface area contributed by atoms with E-state index in [1.807, 2.05) is 6.92 Å². The van der Waals surface area contributed by atoms with Crippen LogP contribution in [0.2, 0.25) is 0 Å². The molecule has 0 saturated heterocycles. The number of carbonyl (C=O) groups is 1. The van der Waals surface area contributed by atoms with Gasteiger partial charge in [0, 0.05) is 5.69 Å². The molecule has 134 valence electrons. The Labute approximate surface area is 142 Å². The van der Waals surface area contributed by atoms with Crippen molar-refractivity contribution in [2.75, 3.05) is 11.1 Å². The van der Waals surface area contributed by atoms with E-state index >= 15 is 0 Å². The third-order valence-corrected chi connectivity index (χ3v) is 4.78. The van der Waals surface area contributed by atoms with Crippen LogP contribution in [-0.2, 0) is 21.2 Å². The number of unbranched alkanes of at least 4 members (excludes halogenated alkanes) is 2. The molecule has 0 saturated carbocycles. The highest BCUT2D eigenvalue weighted by molar-refractivity contribution is 7.89. The minimum absolute atomic E-state index is 0.0304. The Kier molecular flexibility index (Phi) is 7.66. The van der Waals surface area contributed by atoms with Gasteiger partial charge in [0.25, 0.3) is 0 Å². The quantitative estimate of drug-likeness (QED) is 0.241. The van der Waals surface area contributed by atoms with Crippen molar-refractivity contribution in [3.8, 4) is 0 Å². The van der Waals surface area contributed by atoms with E-state index in [1.165, 1.54) is 0 Å². The molecule has 0 aliphatic heterocycles. The van der Waals surface area contributed by atoms with E-state index in [9.17, 15) is 18.3 Å². The highest BCUT2D eigenvalue weighted by Crippen LogP contribution is 2.12. The number of carboxylic acids is 1. The maximum Gasteiger partial charge on any atom is 0.322 e. The Hall–Kier alpha value is -2.13. The number of sulfonamides is 1. The van der Waals surface area contributed by atoms with E-state index in [2.05, 4.69) is 10.0 Å². The van der Waals surface area contributed by atoms with E-state index in [4.69, 9.17) is 11.1 Å². The van der Waals surface area contributed by atoms with Gasteiger partial charge < -0.3 is 16.2 Å². The molecule has 0 aliphatic rings. The number of aliphatic carboxylic acids is 1. The highest BCUT2D eigenvalue weighted by atomic mass is 32.2. The molecule has 0 spiro atoms. The summed E-state index contributed by atoms with van der Waals surface area (Å²) in [6.45, 7) is 1.96. The first kappa shape index (κ1) is 19.9. The molecule has 8 nitrogen and oxygen atoms in total. The minimum Gasteiger partial charge on any atom is -0.480 e. The topological polar surface area (TPSA) is 145 Å². The fourth-order valence-corrected chi connectivity index (χ4v) is 3.43. The van der Waals surface area contributed by atoms with E-state index in [0.29, 0.717) is 17.7 Å². The summed E-state index contributed by atoms with van der Waals surface area (Å²) in [6.07, 6.45) is 2.20. The van der Waals surface area contributed by atoms with Crippen molar-refractivity contribution < 1.29 is 18.3 Å². The molecule has 1 atom stereocenters. The van der Waals surface area contributed by atoms with Gasteiger partial charge in [-0.15, -0.1) is 0 Å². The van der Waals surface area contributed by atoms with Crippen molar-refractivity contribution in [3.05, 3.63) is 29.8 Å². The summed E-state index contributed by atoms with van der Waals surface area (Å²) in [5.74, 6) is -1.50. The van der Waals surface area contributed by atoms with Gasteiger partial charge in [-0.2, -0.15) is 0 Å². The van der Waals surface area contributed by atoms with E-state index in [-0.39, 0.29) is 18.1 Å². The van der Waals surface area contributed by atoms with Gasteiger partial charge in [0.15, 0.2) is 5.96 Å². The van der Waals surface area contributed by atoms with Gasteiger partial charge in [-0.05, 0) is 30.5 Å². The first-order valence-corrected chi connectivity index (χ1v) is 9.31. The zero-order valence-corrected chi connectivity index (χ0v) is 14.4. The number of carboxylic acid groups (broad SMARTS) is 1. The zero-order valence-electron chi connectivity index (χ0n) is 13.6. The minimum atomic E-state index is -3.63. The maximum absolute atomic E-state index is 12.0. The number of nitrogens with one attached hydrogen (secondary N) is 3. The molecule has 24 heavy (non-hydrogen) atoms. The van der Waals surface area contributed by atoms with Crippen LogP contribution in [-0.4, -0.2) is 37.2 Å². The Morgan fingerprint density at radius 3 is 2.42 bits per heavy atom. The molecule has 0 bridgehead atoms. The van der Waals surface area contributed by atoms with Crippen LogP contribution in [0.4, 0.5) is 5.69 Å². The largest absolute Gasteiger partial charge is 0.480 e. The Bertz CT molecular complexity index is 659. The Balaban J connectivity index is 2.72. The van der Waals surface area contributed by atoms with Gasteiger partial charge >= 0.3 is 5.97 Å². The molecule has 0 radical (unpaired) electrons. The fourth-order valence-electron chi connectivity index (χ4n) is 2.11. The molecule has 0 fully saturated rings. The number of nitrogens with two attached hydrogens (primary N) is 1. The van der Waals surface area contributed by atoms with Crippen molar-refractivity contribution in [1.29, 1.82) is 5.41 Å². The number of rotatable bonds is 10. The Morgan fingerprint density at radius 2 is 1.92 bits per heavy atom. The van der Waals surface area contributed by atoms with Crippen molar-refractivity contribution in [2.45, 2.75) is 38.6 Å². The van der Waals surface area contributed by atoms with E-state index in [1.54, 1.807) is 24.3 Å². The summed E-state index contributed by atoms with van der Waals surface area (Å²) in [7, 11) is -3.63. The number of hydrogen-bond acceptors (Lipinski definition) is 4. The number of hydrogen-bond donors (Lipinski definition) is 5. The summed E-state index contributed by atoms with van der Waals surface area (Å²) in [4.78, 5) is 11.3. The van der Waals surface area contributed by atoms with Crippen LogP contribution in [0.15, 0.2) is 24.3 Å². The molecule has 1 rings (SSSR count). The average Bonchev–Trinajstić information content (AvgIpc) is 2.47. The van der Waals surface area contributed by atoms with Crippen molar-refractivity contribution >= 4 is 27.6 Å². The zero-order chi connectivity index (χ0) is 18.2. The molecule has 9 heteroatoms. The molecule has 0 unspecified atom stereocenters. The van der Waals surface area contributed by atoms with Crippen LogP contribution in [0.3, 0.4) is 0 Å². The molecule has 6 N–H and O–H groups in total. The van der Waals surface area contributed by atoms with Crippen molar-refractivity contribution in [3.63, 3.8) is 0 Å². The lowest BCUT2D eigenvalue weighted by Gasteiger charge is -2.15. The van der Waals surface area contributed by atoms with Crippen LogP contribution < -0.4 is 15.8 Å². The first-order chi connectivity index (χ1) is 11.2. The second kappa shape index (κ2) is 9.24. The third-order valence-electron chi connectivity index (χ3n) is 3.31. The normalized spacial score (nSPS) is 12.5. The van der Waals surface area contributed by atoms with Gasteiger partial charge in [0.2, 0.25) is 10.0 Å².